The van der Waals surface area contributed by atoms with Crippen LogP contribution in [0.1, 0.15) is 25.8 Å². The molecule has 0 saturated heterocycles. The summed E-state index contributed by atoms with van der Waals surface area (Å²) in [7, 11) is 0. The lowest BCUT2D eigenvalue weighted by molar-refractivity contribution is -0.147. The molecule has 0 aliphatic rings. The quantitative estimate of drug-likeness (QED) is 0.881. The van der Waals surface area contributed by atoms with Gasteiger partial charge in [0.1, 0.15) is 0 Å². The van der Waals surface area contributed by atoms with Gasteiger partial charge in [0.25, 0.3) is 0 Å². The fourth-order valence-corrected chi connectivity index (χ4v) is 2.14. The molecule has 2 nitrogen and oxygen atoms in total. The van der Waals surface area contributed by atoms with Crippen molar-refractivity contribution in [1.29, 1.82) is 0 Å². The van der Waals surface area contributed by atoms with E-state index in [2.05, 4.69) is 31.9 Å². The highest BCUT2D eigenvalue weighted by Gasteiger charge is 2.26. The van der Waals surface area contributed by atoms with Gasteiger partial charge in [0.2, 0.25) is 0 Å². The summed E-state index contributed by atoms with van der Waals surface area (Å²) in [6.07, 6.45) is 1.37. The summed E-state index contributed by atoms with van der Waals surface area (Å²) in [4.78, 5) is 11.0. The standard InChI is InChI=1S/C12H14Br2O2/c1-12(2,11(15)16)6-5-8-7-9(13)3-4-10(8)14/h3-4,7H,5-6H2,1-2H3,(H,15,16). The smallest absolute Gasteiger partial charge is 0.309 e. The van der Waals surface area contributed by atoms with Crippen molar-refractivity contribution in [3.8, 4) is 0 Å². The number of carboxylic acids is 1. The number of benzene rings is 1. The van der Waals surface area contributed by atoms with E-state index in [9.17, 15) is 4.79 Å². The Balaban J connectivity index is 2.75. The van der Waals surface area contributed by atoms with Crippen molar-refractivity contribution in [2.75, 3.05) is 0 Å². The van der Waals surface area contributed by atoms with Crippen LogP contribution >= 0.6 is 31.9 Å². The first-order valence-electron chi connectivity index (χ1n) is 5.00. The van der Waals surface area contributed by atoms with Crippen LogP contribution in [0.5, 0.6) is 0 Å². The van der Waals surface area contributed by atoms with Crippen LogP contribution in [-0.4, -0.2) is 11.1 Å². The van der Waals surface area contributed by atoms with Gasteiger partial charge in [-0.2, -0.15) is 0 Å². The molecule has 0 radical (unpaired) electrons. The van der Waals surface area contributed by atoms with E-state index in [1.807, 2.05) is 18.2 Å². The summed E-state index contributed by atoms with van der Waals surface area (Å²) in [5, 5.41) is 9.02. The SMILES string of the molecule is CC(C)(CCc1cc(Br)ccc1Br)C(=O)O. The average molecular weight is 350 g/mol. The Morgan fingerprint density at radius 1 is 1.38 bits per heavy atom. The molecule has 1 aromatic carbocycles. The topological polar surface area (TPSA) is 37.3 Å². The normalized spacial score (nSPS) is 11.5. The molecule has 0 heterocycles. The molecule has 0 unspecified atom stereocenters. The van der Waals surface area contributed by atoms with E-state index in [1.165, 1.54) is 0 Å². The van der Waals surface area contributed by atoms with Crippen LogP contribution < -0.4 is 0 Å². The third-order valence-corrected chi connectivity index (χ3v) is 3.87. The van der Waals surface area contributed by atoms with Crippen molar-refractivity contribution in [3.63, 3.8) is 0 Å². The van der Waals surface area contributed by atoms with Gasteiger partial charge in [-0.05, 0) is 50.5 Å². The summed E-state index contributed by atoms with van der Waals surface area (Å²) in [5.74, 6) is -0.751. The Bertz CT molecular complexity index is 400. The summed E-state index contributed by atoms with van der Waals surface area (Å²) in [5.41, 5.74) is 0.450. The molecule has 0 atom stereocenters. The number of hydrogen-bond donors (Lipinski definition) is 1. The zero-order valence-electron chi connectivity index (χ0n) is 9.26. The Hall–Kier alpha value is -0.350. The number of halogens is 2. The summed E-state index contributed by atoms with van der Waals surface area (Å²) in [6, 6.07) is 5.94. The Morgan fingerprint density at radius 2 is 2.00 bits per heavy atom. The first-order chi connectivity index (χ1) is 7.33. The largest absolute Gasteiger partial charge is 0.481 e. The molecule has 0 aliphatic heterocycles. The predicted octanol–water partition coefficient (Wildman–Crippen LogP) is 4.26. The molecule has 1 rings (SSSR count). The molecule has 0 bridgehead atoms. The van der Waals surface area contributed by atoms with Crippen LogP contribution in [0.3, 0.4) is 0 Å². The molecule has 0 aliphatic carbocycles. The zero-order chi connectivity index (χ0) is 12.3. The molecule has 1 N–H and O–H groups in total. The molecule has 16 heavy (non-hydrogen) atoms. The fourth-order valence-electron chi connectivity index (χ4n) is 1.29. The molecule has 0 fully saturated rings. The lowest BCUT2D eigenvalue weighted by atomic mass is 9.86. The van der Waals surface area contributed by atoms with Gasteiger partial charge in [-0.1, -0.05) is 31.9 Å². The maximum Gasteiger partial charge on any atom is 0.309 e. The number of aryl methyl sites for hydroxylation is 1. The zero-order valence-corrected chi connectivity index (χ0v) is 12.4. The second kappa shape index (κ2) is 5.32. The van der Waals surface area contributed by atoms with Crippen molar-refractivity contribution in [1.82, 2.24) is 0 Å². The van der Waals surface area contributed by atoms with Gasteiger partial charge >= 0.3 is 5.97 Å². The maximum absolute atomic E-state index is 11.0. The van der Waals surface area contributed by atoms with Gasteiger partial charge in [0.05, 0.1) is 5.41 Å². The number of aliphatic carboxylic acids is 1. The van der Waals surface area contributed by atoms with Gasteiger partial charge in [0, 0.05) is 8.95 Å². The van der Waals surface area contributed by atoms with E-state index < -0.39 is 11.4 Å². The highest BCUT2D eigenvalue weighted by atomic mass is 79.9. The van der Waals surface area contributed by atoms with Crippen molar-refractivity contribution >= 4 is 37.8 Å². The maximum atomic E-state index is 11.0. The minimum atomic E-state index is -0.751. The monoisotopic (exact) mass is 348 g/mol. The van der Waals surface area contributed by atoms with Crippen molar-refractivity contribution < 1.29 is 9.90 Å². The Labute approximate surface area is 112 Å². The van der Waals surface area contributed by atoms with Crippen LogP contribution in [-0.2, 0) is 11.2 Å². The minimum absolute atomic E-state index is 0.622. The summed E-state index contributed by atoms with van der Waals surface area (Å²) >= 11 is 6.88. The van der Waals surface area contributed by atoms with E-state index >= 15 is 0 Å². The summed E-state index contributed by atoms with van der Waals surface area (Å²) in [6.45, 7) is 3.50. The molecule has 1 aromatic rings. The van der Waals surface area contributed by atoms with E-state index in [4.69, 9.17) is 5.11 Å². The molecular formula is C12H14Br2O2. The van der Waals surface area contributed by atoms with E-state index in [0.29, 0.717) is 6.42 Å². The number of carbonyl (C=O) groups is 1. The van der Waals surface area contributed by atoms with Crippen LogP contribution in [0.15, 0.2) is 27.1 Å². The fraction of sp³-hybridized carbons (Fsp3) is 0.417. The van der Waals surface area contributed by atoms with E-state index in [0.717, 1.165) is 20.9 Å². The van der Waals surface area contributed by atoms with Gasteiger partial charge in [0.15, 0.2) is 0 Å². The van der Waals surface area contributed by atoms with Crippen LogP contribution in [0.2, 0.25) is 0 Å². The molecule has 4 heteroatoms. The number of rotatable bonds is 4. The molecular weight excluding hydrogens is 336 g/mol. The third kappa shape index (κ3) is 3.59. The second-order valence-corrected chi connectivity index (χ2v) is 6.19. The van der Waals surface area contributed by atoms with Gasteiger partial charge in [-0.25, -0.2) is 0 Å². The van der Waals surface area contributed by atoms with E-state index in [-0.39, 0.29) is 0 Å². The minimum Gasteiger partial charge on any atom is -0.481 e. The third-order valence-electron chi connectivity index (χ3n) is 2.61. The van der Waals surface area contributed by atoms with Gasteiger partial charge in [-0.15, -0.1) is 0 Å². The van der Waals surface area contributed by atoms with Crippen LogP contribution in [0.4, 0.5) is 0 Å². The lowest BCUT2D eigenvalue weighted by Crippen LogP contribution is -2.24. The highest BCUT2D eigenvalue weighted by Crippen LogP contribution is 2.28. The van der Waals surface area contributed by atoms with Crippen molar-refractivity contribution in [2.24, 2.45) is 5.41 Å². The molecule has 0 amide bonds. The second-order valence-electron chi connectivity index (χ2n) is 4.42. The lowest BCUT2D eigenvalue weighted by Gasteiger charge is -2.19. The number of hydrogen-bond acceptors (Lipinski definition) is 1. The van der Waals surface area contributed by atoms with Gasteiger partial charge in [-0.3, -0.25) is 4.79 Å². The predicted molar refractivity (Wildman–Crippen MR) is 71.6 cm³/mol. The first kappa shape index (κ1) is 13.7. The number of carboxylic acid groups (broad SMARTS) is 1. The molecule has 0 spiro atoms. The van der Waals surface area contributed by atoms with Crippen molar-refractivity contribution in [3.05, 3.63) is 32.7 Å². The van der Waals surface area contributed by atoms with Crippen LogP contribution in [0.25, 0.3) is 0 Å². The molecule has 0 aromatic heterocycles. The first-order valence-corrected chi connectivity index (χ1v) is 6.59. The highest BCUT2D eigenvalue weighted by molar-refractivity contribution is 9.11. The summed E-state index contributed by atoms with van der Waals surface area (Å²) < 4.78 is 2.04. The van der Waals surface area contributed by atoms with Gasteiger partial charge < -0.3 is 5.11 Å². The Kier molecular flexibility index (Phi) is 4.56. The van der Waals surface area contributed by atoms with E-state index in [1.54, 1.807) is 13.8 Å². The molecule has 0 saturated carbocycles. The Morgan fingerprint density at radius 3 is 2.56 bits per heavy atom. The van der Waals surface area contributed by atoms with Crippen LogP contribution in [0, 0.1) is 5.41 Å². The average Bonchev–Trinajstić information content (AvgIpc) is 2.19. The van der Waals surface area contributed by atoms with Crippen molar-refractivity contribution in [2.45, 2.75) is 26.7 Å². The molecule has 88 valence electrons.